The summed E-state index contributed by atoms with van der Waals surface area (Å²) in [5.41, 5.74) is 1.88. The SMILES string of the molecule is Cc1cc(-c2ccc(/C=C3/C(=O)NC(=O)N(C4CCCC4)C3=O)o2)ccc1Br. The molecule has 4 amide bonds. The van der Waals surface area contributed by atoms with Gasteiger partial charge in [0.2, 0.25) is 0 Å². The van der Waals surface area contributed by atoms with Crippen molar-refractivity contribution in [2.75, 3.05) is 0 Å². The van der Waals surface area contributed by atoms with Gasteiger partial charge in [0, 0.05) is 16.1 Å². The number of aryl methyl sites for hydroxylation is 1. The van der Waals surface area contributed by atoms with Crippen LogP contribution in [0.5, 0.6) is 0 Å². The minimum Gasteiger partial charge on any atom is -0.457 e. The summed E-state index contributed by atoms with van der Waals surface area (Å²) in [4.78, 5) is 38.4. The Kier molecular flexibility index (Phi) is 4.93. The topological polar surface area (TPSA) is 79.6 Å². The van der Waals surface area contributed by atoms with Crippen LogP contribution in [-0.2, 0) is 9.59 Å². The number of carbonyl (C=O) groups excluding carboxylic acids is 3. The molecule has 2 aliphatic rings. The fourth-order valence-electron chi connectivity index (χ4n) is 3.69. The van der Waals surface area contributed by atoms with Crippen molar-refractivity contribution >= 4 is 39.9 Å². The van der Waals surface area contributed by atoms with Crippen molar-refractivity contribution in [2.24, 2.45) is 0 Å². The number of amides is 4. The Bertz CT molecular complexity index is 1000. The predicted molar refractivity (Wildman–Crippen MR) is 107 cm³/mol. The zero-order valence-electron chi connectivity index (χ0n) is 15.3. The van der Waals surface area contributed by atoms with Gasteiger partial charge in [0.05, 0.1) is 0 Å². The lowest BCUT2D eigenvalue weighted by Crippen LogP contribution is -2.57. The highest BCUT2D eigenvalue weighted by atomic mass is 79.9. The summed E-state index contributed by atoms with van der Waals surface area (Å²) >= 11 is 3.47. The van der Waals surface area contributed by atoms with Crippen molar-refractivity contribution in [2.45, 2.75) is 38.6 Å². The molecule has 0 bridgehead atoms. The van der Waals surface area contributed by atoms with E-state index in [1.165, 1.54) is 11.0 Å². The maximum absolute atomic E-state index is 12.8. The lowest BCUT2D eigenvalue weighted by Gasteiger charge is -2.30. The maximum Gasteiger partial charge on any atom is 0.331 e. The quantitative estimate of drug-likeness (QED) is 0.563. The third-order valence-electron chi connectivity index (χ3n) is 5.18. The minimum absolute atomic E-state index is 0.0839. The van der Waals surface area contributed by atoms with Crippen molar-refractivity contribution in [3.8, 4) is 11.3 Å². The molecular formula is C21H19BrN2O4. The molecule has 6 nitrogen and oxygen atoms in total. The van der Waals surface area contributed by atoms with Crippen LogP contribution in [0.2, 0.25) is 0 Å². The molecule has 2 aromatic rings. The molecule has 1 aromatic heterocycles. The fourth-order valence-corrected chi connectivity index (χ4v) is 3.94. The van der Waals surface area contributed by atoms with Crippen LogP contribution in [0.15, 0.2) is 44.8 Å². The number of furan rings is 1. The smallest absolute Gasteiger partial charge is 0.331 e. The molecule has 0 radical (unpaired) electrons. The highest BCUT2D eigenvalue weighted by Gasteiger charge is 2.40. The van der Waals surface area contributed by atoms with E-state index in [0.717, 1.165) is 41.3 Å². The Labute approximate surface area is 170 Å². The van der Waals surface area contributed by atoms with E-state index >= 15 is 0 Å². The molecule has 1 aliphatic heterocycles. The van der Waals surface area contributed by atoms with Gasteiger partial charge in [-0.1, -0.05) is 34.8 Å². The Morgan fingerprint density at radius 1 is 1.14 bits per heavy atom. The second-order valence-electron chi connectivity index (χ2n) is 7.10. The largest absolute Gasteiger partial charge is 0.457 e. The summed E-state index contributed by atoms with van der Waals surface area (Å²) in [5.74, 6) is -0.232. The molecule has 1 aliphatic carbocycles. The van der Waals surface area contributed by atoms with E-state index in [9.17, 15) is 14.4 Å². The van der Waals surface area contributed by atoms with Crippen LogP contribution in [0.3, 0.4) is 0 Å². The van der Waals surface area contributed by atoms with Gasteiger partial charge in [0.25, 0.3) is 11.8 Å². The fraction of sp³-hybridized carbons (Fsp3) is 0.286. The van der Waals surface area contributed by atoms with Gasteiger partial charge >= 0.3 is 6.03 Å². The molecule has 0 atom stereocenters. The van der Waals surface area contributed by atoms with Crippen LogP contribution >= 0.6 is 15.9 Å². The Hall–Kier alpha value is -2.67. The monoisotopic (exact) mass is 442 g/mol. The first-order valence-electron chi connectivity index (χ1n) is 9.21. The van der Waals surface area contributed by atoms with Gasteiger partial charge in [0.15, 0.2) is 0 Å². The number of carbonyl (C=O) groups is 3. The van der Waals surface area contributed by atoms with E-state index in [1.54, 1.807) is 12.1 Å². The third-order valence-corrected chi connectivity index (χ3v) is 6.07. The van der Waals surface area contributed by atoms with Gasteiger partial charge in [0.1, 0.15) is 17.1 Å². The van der Waals surface area contributed by atoms with Gasteiger partial charge in [-0.15, -0.1) is 0 Å². The van der Waals surface area contributed by atoms with E-state index in [4.69, 9.17) is 4.42 Å². The zero-order chi connectivity index (χ0) is 19.8. The molecule has 28 heavy (non-hydrogen) atoms. The highest BCUT2D eigenvalue weighted by molar-refractivity contribution is 9.10. The zero-order valence-corrected chi connectivity index (χ0v) is 16.9. The van der Waals surface area contributed by atoms with E-state index in [-0.39, 0.29) is 11.6 Å². The molecule has 1 saturated heterocycles. The Morgan fingerprint density at radius 3 is 2.61 bits per heavy atom. The molecule has 2 heterocycles. The molecule has 1 N–H and O–H groups in total. The van der Waals surface area contributed by atoms with E-state index in [1.807, 2.05) is 25.1 Å². The second kappa shape index (κ2) is 7.39. The summed E-state index contributed by atoms with van der Waals surface area (Å²) in [5, 5.41) is 2.27. The summed E-state index contributed by atoms with van der Waals surface area (Å²) in [7, 11) is 0. The molecule has 2 fully saturated rings. The van der Waals surface area contributed by atoms with Gasteiger partial charge in [-0.3, -0.25) is 19.8 Å². The van der Waals surface area contributed by atoms with Crippen LogP contribution in [0, 0.1) is 6.92 Å². The number of hydrogen-bond acceptors (Lipinski definition) is 4. The molecule has 4 rings (SSSR count). The number of hydrogen-bond donors (Lipinski definition) is 1. The third kappa shape index (κ3) is 3.42. The highest BCUT2D eigenvalue weighted by Crippen LogP contribution is 2.29. The first-order valence-corrected chi connectivity index (χ1v) is 10.0. The lowest BCUT2D eigenvalue weighted by molar-refractivity contribution is -0.131. The number of halogens is 1. The molecule has 7 heteroatoms. The number of barbiturate groups is 1. The molecule has 0 unspecified atom stereocenters. The van der Waals surface area contributed by atoms with E-state index in [0.29, 0.717) is 11.5 Å². The van der Waals surface area contributed by atoms with Gasteiger partial charge in [-0.05, 0) is 55.7 Å². The Morgan fingerprint density at radius 2 is 1.89 bits per heavy atom. The number of rotatable bonds is 3. The second-order valence-corrected chi connectivity index (χ2v) is 7.95. The number of imide groups is 2. The average Bonchev–Trinajstić information content (AvgIpc) is 3.33. The number of urea groups is 1. The van der Waals surface area contributed by atoms with Crippen molar-refractivity contribution < 1.29 is 18.8 Å². The van der Waals surface area contributed by atoms with Crippen LogP contribution < -0.4 is 5.32 Å². The van der Waals surface area contributed by atoms with Crippen molar-refractivity contribution in [3.63, 3.8) is 0 Å². The summed E-state index contributed by atoms with van der Waals surface area (Å²) in [6, 6.07) is 8.56. The number of benzene rings is 1. The summed E-state index contributed by atoms with van der Waals surface area (Å²) in [6.45, 7) is 1.99. The molecular weight excluding hydrogens is 424 g/mol. The molecule has 1 aromatic carbocycles. The minimum atomic E-state index is -0.693. The number of nitrogens with zero attached hydrogens (tertiary/aromatic N) is 1. The molecule has 144 valence electrons. The van der Waals surface area contributed by atoms with Gasteiger partial charge < -0.3 is 4.42 Å². The first-order chi connectivity index (χ1) is 13.4. The van der Waals surface area contributed by atoms with E-state index in [2.05, 4.69) is 21.2 Å². The number of nitrogens with one attached hydrogen (secondary N) is 1. The average molecular weight is 443 g/mol. The van der Waals surface area contributed by atoms with Crippen molar-refractivity contribution in [1.29, 1.82) is 0 Å². The van der Waals surface area contributed by atoms with Gasteiger partial charge in [-0.2, -0.15) is 0 Å². The van der Waals surface area contributed by atoms with Crippen molar-refractivity contribution in [1.82, 2.24) is 10.2 Å². The van der Waals surface area contributed by atoms with Crippen LogP contribution in [-0.4, -0.2) is 28.8 Å². The summed E-state index contributed by atoms with van der Waals surface area (Å²) in [6.07, 6.45) is 4.90. The standard InChI is InChI=1S/C21H19BrN2O4/c1-12-10-13(6-8-17(12)22)18-9-7-15(28-18)11-16-19(25)23-21(27)24(20(16)26)14-4-2-3-5-14/h6-11,14H,2-5H2,1H3,(H,23,25,27)/b16-11-. The van der Waals surface area contributed by atoms with Crippen LogP contribution in [0.25, 0.3) is 17.4 Å². The lowest BCUT2D eigenvalue weighted by atomic mass is 10.1. The first kappa shape index (κ1) is 18.7. The predicted octanol–water partition coefficient (Wildman–Crippen LogP) is 4.42. The maximum atomic E-state index is 12.8. The van der Waals surface area contributed by atoms with Crippen LogP contribution in [0.1, 0.15) is 37.0 Å². The molecule has 0 spiro atoms. The van der Waals surface area contributed by atoms with Gasteiger partial charge in [-0.25, -0.2) is 4.79 Å². The van der Waals surface area contributed by atoms with E-state index < -0.39 is 17.8 Å². The van der Waals surface area contributed by atoms with Crippen LogP contribution in [0.4, 0.5) is 4.79 Å². The summed E-state index contributed by atoms with van der Waals surface area (Å²) < 4.78 is 6.83. The Balaban J connectivity index is 1.63. The van der Waals surface area contributed by atoms with Crippen molar-refractivity contribution in [3.05, 3.63) is 51.7 Å². The molecule has 1 saturated carbocycles. The normalized spacial score (nSPS) is 19.6.